The van der Waals surface area contributed by atoms with E-state index in [0.29, 0.717) is 0 Å². The van der Waals surface area contributed by atoms with Gasteiger partial charge in [0.05, 0.1) is 0 Å². The van der Waals surface area contributed by atoms with E-state index in [9.17, 15) is 4.79 Å². The van der Waals surface area contributed by atoms with E-state index in [1.807, 2.05) is 0 Å². The Balaban J connectivity index is 0.000000167. The maximum atomic E-state index is 9.57. The smallest absolute Gasteiger partial charge is 0.320 e. The van der Waals surface area contributed by atoms with E-state index in [0.717, 1.165) is 0 Å². The molecule has 3 N–H and O–H groups in total. The molecule has 0 amide bonds. The minimum absolute atomic E-state index is 0.731. The molecule has 0 aliphatic rings. The number of carbonyl (C=O) groups is 1. The maximum Gasteiger partial charge on any atom is 0.320 e. The van der Waals surface area contributed by atoms with Gasteiger partial charge in [-0.05, 0) is 29.8 Å². The molecule has 2 rings (SSSR count). The van der Waals surface area contributed by atoms with E-state index in [1.165, 1.54) is 17.0 Å². The first-order valence-electron chi connectivity index (χ1n) is 4.52. The van der Waals surface area contributed by atoms with Gasteiger partial charge in [-0.2, -0.15) is 0 Å². The lowest BCUT2D eigenvalue weighted by atomic mass is 10.3. The van der Waals surface area contributed by atoms with Crippen LogP contribution in [0, 0.1) is 0 Å². The standard InChI is InChI=1S/C8H6S.C3H7NO2/c1-2-4-8-7(3-1)5-6-9-8;1-2(4)3(5)6/h1-6H;2H,4H2,1H3,(H,5,6)/t;2-/m.1/s1. The Kier molecular flexibility index (Phi) is 4.27. The van der Waals surface area contributed by atoms with Crippen LogP contribution in [0.25, 0.3) is 10.1 Å². The number of hydrogen-bond donors (Lipinski definition) is 2. The van der Waals surface area contributed by atoms with Crippen molar-refractivity contribution in [2.24, 2.45) is 5.73 Å². The number of aliphatic carboxylic acids is 1. The molecule has 4 heteroatoms. The number of carboxylic acids is 1. The number of benzene rings is 1. The van der Waals surface area contributed by atoms with Gasteiger partial charge in [0, 0.05) is 4.70 Å². The number of thiophene rings is 1. The molecule has 0 bridgehead atoms. The second-order valence-electron chi connectivity index (χ2n) is 3.09. The third-order valence-electron chi connectivity index (χ3n) is 1.75. The topological polar surface area (TPSA) is 63.3 Å². The van der Waals surface area contributed by atoms with E-state index < -0.39 is 12.0 Å². The molecule has 0 aliphatic heterocycles. The van der Waals surface area contributed by atoms with Crippen molar-refractivity contribution in [2.45, 2.75) is 13.0 Å². The largest absolute Gasteiger partial charge is 0.480 e. The van der Waals surface area contributed by atoms with Crippen LogP contribution in [0.5, 0.6) is 0 Å². The number of hydrogen-bond acceptors (Lipinski definition) is 3. The van der Waals surface area contributed by atoms with Crippen LogP contribution in [0.1, 0.15) is 6.92 Å². The summed E-state index contributed by atoms with van der Waals surface area (Å²) < 4.78 is 1.37. The molecule has 1 aromatic heterocycles. The highest BCUT2D eigenvalue weighted by molar-refractivity contribution is 7.17. The molecule has 0 unspecified atom stereocenters. The van der Waals surface area contributed by atoms with Gasteiger partial charge in [-0.1, -0.05) is 18.2 Å². The van der Waals surface area contributed by atoms with Gasteiger partial charge in [0.15, 0.2) is 0 Å². The summed E-state index contributed by atoms with van der Waals surface area (Å²) in [5.74, 6) is -0.963. The van der Waals surface area contributed by atoms with E-state index in [-0.39, 0.29) is 0 Å². The molecule has 1 heterocycles. The Hall–Kier alpha value is -1.39. The van der Waals surface area contributed by atoms with Gasteiger partial charge in [-0.25, -0.2) is 0 Å². The molecule has 2 aromatic rings. The minimum Gasteiger partial charge on any atom is -0.480 e. The first-order chi connectivity index (χ1) is 7.11. The molecular formula is C11H13NO2S. The molecule has 15 heavy (non-hydrogen) atoms. The zero-order chi connectivity index (χ0) is 11.3. The van der Waals surface area contributed by atoms with E-state index in [2.05, 4.69) is 35.7 Å². The molecular weight excluding hydrogens is 210 g/mol. The van der Waals surface area contributed by atoms with Crippen LogP contribution in [0.15, 0.2) is 35.7 Å². The minimum atomic E-state index is -0.963. The summed E-state index contributed by atoms with van der Waals surface area (Å²) in [4.78, 5) is 9.57. The summed E-state index contributed by atoms with van der Waals surface area (Å²) in [7, 11) is 0. The first-order valence-corrected chi connectivity index (χ1v) is 5.40. The van der Waals surface area contributed by atoms with E-state index in [1.54, 1.807) is 11.3 Å². The number of nitrogens with two attached hydrogens (primary N) is 1. The second kappa shape index (κ2) is 5.48. The van der Waals surface area contributed by atoms with Crippen LogP contribution in [-0.2, 0) is 4.79 Å². The summed E-state index contributed by atoms with van der Waals surface area (Å²) in [5, 5.41) is 11.3. The van der Waals surface area contributed by atoms with Crippen LogP contribution in [0.3, 0.4) is 0 Å². The van der Waals surface area contributed by atoms with Crippen molar-refractivity contribution in [1.82, 2.24) is 0 Å². The molecule has 0 fully saturated rings. The Morgan fingerprint density at radius 3 is 2.53 bits per heavy atom. The summed E-state index contributed by atoms with van der Waals surface area (Å²) >= 11 is 1.79. The van der Waals surface area contributed by atoms with Gasteiger partial charge in [0.2, 0.25) is 0 Å². The number of rotatable bonds is 1. The average molecular weight is 223 g/mol. The molecule has 1 atom stereocenters. The monoisotopic (exact) mass is 223 g/mol. The summed E-state index contributed by atoms with van der Waals surface area (Å²) in [6.07, 6.45) is 0. The van der Waals surface area contributed by atoms with Crippen LogP contribution in [0.4, 0.5) is 0 Å². The van der Waals surface area contributed by atoms with Crippen molar-refractivity contribution in [3.63, 3.8) is 0 Å². The summed E-state index contributed by atoms with van der Waals surface area (Å²) in [6, 6.07) is 9.81. The molecule has 0 radical (unpaired) electrons. The fourth-order valence-electron chi connectivity index (χ4n) is 0.906. The molecule has 0 spiro atoms. The third-order valence-corrected chi connectivity index (χ3v) is 2.65. The van der Waals surface area contributed by atoms with Gasteiger partial charge in [0.1, 0.15) is 6.04 Å². The summed E-state index contributed by atoms with van der Waals surface area (Å²) in [6.45, 7) is 1.42. The molecule has 0 aliphatic carbocycles. The fourth-order valence-corrected chi connectivity index (χ4v) is 1.70. The first kappa shape index (κ1) is 11.7. The normalized spacial score (nSPS) is 11.6. The average Bonchev–Trinajstić information content (AvgIpc) is 2.66. The predicted octanol–water partition coefficient (Wildman–Crippen LogP) is 2.32. The molecule has 0 saturated carbocycles. The van der Waals surface area contributed by atoms with E-state index >= 15 is 0 Å². The van der Waals surface area contributed by atoms with Gasteiger partial charge in [0.25, 0.3) is 0 Å². The zero-order valence-electron chi connectivity index (χ0n) is 8.38. The lowest BCUT2D eigenvalue weighted by Crippen LogP contribution is -2.25. The van der Waals surface area contributed by atoms with Crippen molar-refractivity contribution >= 4 is 27.4 Å². The fraction of sp³-hybridized carbons (Fsp3) is 0.182. The predicted molar refractivity (Wildman–Crippen MR) is 63.1 cm³/mol. The van der Waals surface area contributed by atoms with Crippen LogP contribution in [0.2, 0.25) is 0 Å². The quantitative estimate of drug-likeness (QED) is 0.779. The number of fused-ring (bicyclic) bond motifs is 1. The van der Waals surface area contributed by atoms with Crippen LogP contribution in [-0.4, -0.2) is 17.1 Å². The summed E-state index contributed by atoms with van der Waals surface area (Å²) in [5.41, 5.74) is 4.84. The van der Waals surface area contributed by atoms with Gasteiger partial charge >= 0.3 is 5.97 Å². The van der Waals surface area contributed by atoms with Gasteiger partial charge in [-0.3, -0.25) is 4.79 Å². The Labute approximate surface area is 92.1 Å². The second-order valence-corrected chi connectivity index (χ2v) is 4.03. The lowest BCUT2D eigenvalue weighted by Gasteiger charge is -1.90. The van der Waals surface area contributed by atoms with Crippen molar-refractivity contribution < 1.29 is 9.90 Å². The third kappa shape index (κ3) is 3.69. The number of carboxylic acid groups (broad SMARTS) is 1. The van der Waals surface area contributed by atoms with Crippen molar-refractivity contribution in [3.8, 4) is 0 Å². The van der Waals surface area contributed by atoms with Crippen molar-refractivity contribution in [1.29, 1.82) is 0 Å². The Bertz CT molecular complexity index is 407. The van der Waals surface area contributed by atoms with Gasteiger partial charge in [-0.15, -0.1) is 11.3 Å². The van der Waals surface area contributed by atoms with Gasteiger partial charge < -0.3 is 10.8 Å². The molecule has 80 valence electrons. The lowest BCUT2D eigenvalue weighted by molar-refractivity contribution is -0.138. The zero-order valence-corrected chi connectivity index (χ0v) is 9.20. The van der Waals surface area contributed by atoms with Crippen LogP contribution >= 0.6 is 11.3 Å². The van der Waals surface area contributed by atoms with Crippen LogP contribution < -0.4 is 5.73 Å². The highest BCUT2D eigenvalue weighted by atomic mass is 32.1. The maximum absolute atomic E-state index is 9.57. The highest BCUT2D eigenvalue weighted by Crippen LogP contribution is 2.18. The molecule has 3 nitrogen and oxygen atoms in total. The van der Waals surface area contributed by atoms with Crippen molar-refractivity contribution in [2.75, 3.05) is 0 Å². The Morgan fingerprint density at radius 1 is 1.40 bits per heavy atom. The SMILES string of the molecule is C[C@@H](N)C(=O)O.c1ccc2sccc2c1. The molecule has 1 aromatic carbocycles. The molecule has 0 saturated heterocycles. The Morgan fingerprint density at radius 2 is 2.00 bits per heavy atom. The van der Waals surface area contributed by atoms with E-state index in [4.69, 9.17) is 10.8 Å². The van der Waals surface area contributed by atoms with Crippen molar-refractivity contribution in [3.05, 3.63) is 35.7 Å². The highest BCUT2D eigenvalue weighted by Gasteiger charge is 1.99.